The summed E-state index contributed by atoms with van der Waals surface area (Å²) in [4.78, 5) is 23.1. The summed E-state index contributed by atoms with van der Waals surface area (Å²) in [5.41, 5.74) is 0. The molecule has 0 radical (unpaired) electrons. The van der Waals surface area contributed by atoms with Crippen LogP contribution in [0, 0.1) is 5.92 Å². The summed E-state index contributed by atoms with van der Waals surface area (Å²) in [6.07, 6.45) is -0.489. The van der Waals surface area contributed by atoms with E-state index in [1.807, 2.05) is 13.8 Å². The third-order valence-corrected chi connectivity index (χ3v) is 1.78. The molecule has 0 aromatic rings. The van der Waals surface area contributed by atoms with Crippen molar-refractivity contribution >= 4 is 12.1 Å². The minimum absolute atomic E-state index is 0.0510. The molecule has 0 spiro atoms. The minimum Gasteiger partial charge on any atom is -0.481 e. The van der Waals surface area contributed by atoms with Gasteiger partial charge in [0.05, 0.1) is 13.0 Å². The zero-order valence-electron chi connectivity index (χ0n) is 9.52. The fraction of sp³-hybridized carbons (Fsp3) is 0.800. The van der Waals surface area contributed by atoms with Gasteiger partial charge in [0.1, 0.15) is 0 Å². The fourth-order valence-electron chi connectivity index (χ4n) is 0.938. The maximum atomic E-state index is 11.4. The van der Waals surface area contributed by atoms with E-state index >= 15 is 0 Å². The molecule has 0 aliphatic carbocycles. The molecule has 5 heteroatoms. The van der Waals surface area contributed by atoms with Gasteiger partial charge in [-0.1, -0.05) is 13.8 Å². The predicted octanol–water partition coefficient (Wildman–Crippen LogP) is 1.58. The van der Waals surface area contributed by atoms with Crippen molar-refractivity contribution in [3.63, 3.8) is 0 Å². The van der Waals surface area contributed by atoms with Gasteiger partial charge in [0.25, 0.3) is 0 Å². The number of rotatable bonds is 6. The van der Waals surface area contributed by atoms with Gasteiger partial charge in [0.15, 0.2) is 0 Å². The maximum absolute atomic E-state index is 11.4. The standard InChI is InChI=1S/C10H19NO4/c1-4-11(6-5-9(12)13)10(14)15-7-8(2)3/h8H,4-7H2,1-3H3,(H,12,13). The Morgan fingerprint density at radius 1 is 1.40 bits per heavy atom. The smallest absolute Gasteiger partial charge is 0.409 e. The largest absolute Gasteiger partial charge is 0.481 e. The Kier molecular flexibility index (Phi) is 6.49. The van der Waals surface area contributed by atoms with E-state index < -0.39 is 12.1 Å². The highest BCUT2D eigenvalue weighted by Gasteiger charge is 2.14. The Hall–Kier alpha value is -1.26. The first-order chi connectivity index (χ1) is 6.97. The Morgan fingerprint density at radius 2 is 2.00 bits per heavy atom. The second-order valence-electron chi connectivity index (χ2n) is 3.69. The van der Waals surface area contributed by atoms with E-state index in [0.717, 1.165) is 0 Å². The summed E-state index contributed by atoms with van der Waals surface area (Å²) in [5, 5.41) is 8.48. The third-order valence-electron chi connectivity index (χ3n) is 1.78. The summed E-state index contributed by atoms with van der Waals surface area (Å²) in [7, 11) is 0. The van der Waals surface area contributed by atoms with Gasteiger partial charge in [0, 0.05) is 13.1 Å². The normalized spacial score (nSPS) is 10.1. The molecule has 0 bridgehead atoms. The number of aliphatic carboxylic acids is 1. The number of carboxylic acids is 1. The van der Waals surface area contributed by atoms with Crippen LogP contribution >= 0.6 is 0 Å². The lowest BCUT2D eigenvalue weighted by Gasteiger charge is -2.20. The van der Waals surface area contributed by atoms with E-state index in [2.05, 4.69) is 0 Å². The topological polar surface area (TPSA) is 66.8 Å². The Morgan fingerprint density at radius 3 is 2.40 bits per heavy atom. The number of carbonyl (C=O) groups is 2. The van der Waals surface area contributed by atoms with Gasteiger partial charge in [-0.15, -0.1) is 0 Å². The van der Waals surface area contributed by atoms with Gasteiger partial charge in [-0.3, -0.25) is 4.79 Å². The van der Waals surface area contributed by atoms with Crippen molar-refractivity contribution in [2.75, 3.05) is 19.7 Å². The molecule has 0 aliphatic rings. The van der Waals surface area contributed by atoms with Gasteiger partial charge < -0.3 is 14.7 Å². The lowest BCUT2D eigenvalue weighted by Crippen LogP contribution is -2.34. The average Bonchev–Trinajstić information content (AvgIpc) is 2.15. The highest BCUT2D eigenvalue weighted by Crippen LogP contribution is 1.99. The van der Waals surface area contributed by atoms with Crippen LogP contribution in [0.3, 0.4) is 0 Å². The van der Waals surface area contributed by atoms with Crippen molar-refractivity contribution in [2.45, 2.75) is 27.2 Å². The molecular weight excluding hydrogens is 198 g/mol. The molecule has 1 amide bonds. The van der Waals surface area contributed by atoms with Crippen molar-refractivity contribution in [1.29, 1.82) is 0 Å². The molecule has 1 N–H and O–H groups in total. The van der Waals surface area contributed by atoms with Crippen molar-refractivity contribution < 1.29 is 19.4 Å². The molecule has 15 heavy (non-hydrogen) atoms. The van der Waals surface area contributed by atoms with Crippen LogP contribution in [0.1, 0.15) is 27.2 Å². The lowest BCUT2D eigenvalue weighted by molar-refractivity contribution is -0.137. The number of carboxylic acid groups (broad SMARTS) is 1. The molecule has 0 fully saturated rings. The van der Waals surface area contributed by atoms with Crippen LogP contribution in [0.25, 0.3) is 0 Å². The van der Waals surface area contributed by atoms with Gasteiger partial charge in [0.2, 0.25) is 0 Å². The third kappa shape index (κ3) is 6.76. The number of hydrogen-bond acceptors (Lipinski definition) is 3. The Labute approximate surface area is 90.0 Å². The summed E-state index contributed by atoms with van der Waals surface area (Å²) in [6.45, 7) is 6.70. The number of amides is 1. The lowest BCUT2D eigenvalue weighted by atomic mass is 10.2. The second-order valence-corrected chi connectivity index (χ2v) is 3.69. The summed E-state index contributed by atoms with van der Waals surface area (Å²) in [5.74, 6) is -0.628. The van der Waals surface area contributed by atoms with Crippen molar-refractivity contribution in [3.05, 3.63) is 0 Å². The number of hydrogen-bond donors (Lipinski definition) is 1. The van der Waals surface area contributed by atoms with Crippen molar-refractivity contribution in [1.82, 2.24) is 4.90 Å². The average molecular weight is 217 g/mol. The second kappa shape index (κ2) is 7.09. The molecule has 0 unspecified atom stereocenters. The summed E-state index contributed by atoms with van der Waals surface area (Å²) in [6, 6.07) is 0. The molecule has 0 saturated carbocycles. The quantitative estimate of drug-likeness (QED) is 0.733. The maximum Gasteiger partial charge on any atom is 0.409 e. The SMILES string of the molecule is CCN(CCC(=O)O)C(=O)OCC(C)C. The number of ether oxygens (including phenoxy) is 1. The first-order valence-corrected chi connectivity index (χ1v) is 5.10. The van der Waals surface area contributed by atoms with Crippen molar-refractivity contribution in [3.8, 4) is 0 Å². The number of carbonyl (C=O) groups excluding carboxylic acids is 1. The van der Waals surface area contributed by atoms with E-state index in [9.17, 15) is 9.59 Å². The first-order valence-electron chi connectivity index (χ1n) is 5.10. The molecule has 0 aromatic heterocycles. The Balaban J connectivity index is 3.93. The highest BCUT2D eigenvalue weighted by molar-refractivity contribution is 5.70. The van der Waals surface area contributed by atoms with Gasteiger partial charge in [-0.2, -0.15) is 0 Å². The van der Waals surface area contributed by atoms with Gasteiger partial charge >= 0.3 is 12.1 Å². The molecule has 0 atom stereocenters. The molecule has 88 valence electrons. The van der Waals surface area contributed by atoms with Gasteiger partial charge in [-0.05, 0) is 12.8 Å². The van der Waals surface area contributed by atoms with Crippen LogP contribution in [0.15, 0.2) is 0 Å². The van der Waals surface area contributed by atoms with Crippen LogP contribution in [0.2, 0.25) is 0 Å². The molecule has 0 aliphatic heterocycles. The van der Waals surface area contributed by atoms with E-state index in [1.54, 1.807) is 6.92 Å². The Bertz CT molecular complexity index is 215. The van der Waals surface area contributed by atoms with Crippen LogP contribution in [0.4, 0.5) is 4.79 Å². The zero-order valence-corrected chi connectivity index (χ0v) is 9.52. The van der Waals surface area contributed by atoms with Crippen molar-refractivity contribution in [2.24, 2.45) is 5.92 Å². The van der Waals surface area contributed by atoms with E-state index in [4.69, 9.17) is 9.84 Å². The molecule has 0 heterocycles. The highest BCUT2D eigenvalue weighted by atomic mass is 16.6. The van der Waals surface area contributed by atoms with Crippen LogP contribution < -0.4 is 0 Å². The van der Waals surface area contributed by atoms with E-state index in [0.29, 0.717) is 13.2 Å². The molecule has 0 aromatic carbocycles. The molecule has 0 rings (SSSR count). The first kappa shape index (κ1) is 13.7. The summed E-state index contributed by atoms with van der Waals surface area (Å²) < 4.78 is 4.98. The van der Waals surface area contributed by atoms with Gasteiger partial charge in [-0.25, -0.2) is 4.79 Å². The number of nitrogens with zero attached hydrogens (tertiary/aromatic N) is 1. The molecule has 5 nitrogen and oxygen atoms in total. The van der Waals surface area contributed by atoms with E-state index in [1.165, 1.54) is 4.90 Å². The predicted molar refractivity (Wildman–Crippen MR) is 55.7 cm³/mol. The van der Waals surface area contributed by atoms with Crippen LogP contribution in [0.5, 0.6) is 0 Å². The molecule has 0 saturated heterocycles. The minimum atomic E-state index is -0.912. The van der Waals surface area contributed by atoms with Crippen LogP contribution in [-0.4, -0.2) is 41.8 Å². The molecular formula is C10H19NO4. The monoisotopic (exact) mass is 217 g/mol. The zero-order chi connectivity index (χ0) is 11.8. The van der Waals surface area contributed by atoms with Crippen LogP contribution in [-0.2, 0) is 9.53 Å². The summed E-state index contributed by atoms with van der Waals surface area (Å²) >= 11 is 0. The van der Waals surface area contributed by atoms with E-state index in [-0.39, 0.29) is 18.9 Å². The fourth-order valence-corrected chi connectivity index (χ4v) is 0.938.